The standard InChI is InChI=1S/C14H27FN2O4/c1-2-5-17-6-3-4-10(17)7-16-8-11(15)13(20)14(21)12(19)9-18/h2,10-14,16,18-21H,1,3-9H2/i15-1. The summed E-state index contributed by atoms with van der Waals surface area (Å²) in [6, 6.07) is 0.320. The quantitative estimate of drug-likeness (QED) is 0.320. The van der Waals surface area contributed by atoms with E-state index in [1.807, 2.05) is 6.08 Å². The Kier molecular flexibility index (Phi) is 8.31. The van der Waals surface area contributed by atoms with Crippen LogP contribution in [-0.2, 0) is 0 Å². The third-order valence-electron chi connectivity index (χ3n) is 3.88. The molecule has 0 aliphatic carbocycles. The Morgan fingerprint density at radius 1 is 1.33 bits per heavy atom. The van der Waals surface area contributed by atoms with E-state index in [0.717, 1.165) is 25.9 Å². The van der Waals surface area contributed by atoms with E-state index in [1.165, 1.54) is 0 Å². The molecule has 0 spiro atoms. The van der Waals surface area contributed by atoms with Crippen LogP contribution >= 0.6 is 0 Å². The number of nitrogens with one attached hydrogen (secondary N) is 1. The summed E-state index contributed by atoms with van der Waals surface area (Å²) in [5, 5.41) is 39.8. The summed E-state index contributed by atoms with van der Waals surface area (Å²) >= 11 is 0. The molecule has 0 saturated carbocycles. The fraction of sp³-hybridized carbons (Fsp3) is 0.857. The van der Waals surface area contributed by atoms with Crippen molar-refractivity contribution in [2.45, 2.75) is 43.4 Å². The lowest BCUT2D eigenvalue weighted by Crippen LogP contribution is -2.48. The molecule has 5 unspecified atom stereocenters. The number of halogens is 1. The zero-order chi connectivity index (χ0) is 15.8. The Balaban J connectivity index is 2.29. The normalized spacial score (nSPS) is 25.5. The molecule has 0 bridgehead atoms. The Bertz CT molecular complexity index is 309. The van der Waals surface area contributed by atoms with E-state index in [-0.39, 0.29) is 6.54 Å². The van der Waals surface area contributed by atoms with Crippen molar-refractivity contribution in [3.05, 3.63) is 12.7 Å². The molecule has 1 aliphatic rings. The molecule has 0 aromatic heterocycles. The number of nitrogens with zero attached hydrogens (tertiary/aromatic N) is 1. The summed E-state index contributed by atoms with van der Waals surface area (Å²) in [6.45, 7) is 5.27. The Morgan fingerprint density at radius 2 is 2.05 bits per heavy atom. The molecule has 1 heterocycles. The number of hydrogen-bond donors (Lipinski definition) is 5. The molecule has 1 aliphatic heterocycles. The summed E-state index contributed by atoms with van der Waals surface area (Å²) in [4.78, 5) is 2.26. The highest BCUT2D eigenvalue weighted by molar-refractivity contribution is 4.87. The molecule has 21 heavy (non-hydrogen) atoms. The van der Waals surface area contributed by atoms with E-state index in [1.54, 1.807) is 0 Å². The third kappa shape index (κ3) is 5.61. The van der Waals surface area contributed by atoms with Gasteiger partial charge in [-0.3, -0.25) is 4.90 Å². The lowest BCUT2D eigenvalue weighted by Gasteiger charge is -2.26. The molecule has 0 aromatic rings. The zero-order valence-electron chi connectivity index (χ0n) is 12.2. The van der Waals surface area contributed by atoms with Crippen LogP contribution in [0, 0.1) is 0 Å². The maximum Gasteiger partial charge on any atom is 0.141 e. The maximum atomic E-state index is 13.8. The predicted molar refractivity (Wildman–Crippen MR) is 77.7 cm³/mol. The van der Waals surface area contributed by atoms with Gasteiger partial charge in [-0.1, -0.05) is 6.08 Å². The molecule has 0 radical (unpaired) electrons. The van der Waals surface area contributed by atoms with Crippen molar-refractivity contribution in [1.82, 2.24) is 10.2 Å². The molecule has 1 fully saturated rings. The molecule has 7 heteroatoms. The Hall–Kier alpha value is -0.570. The van der Waals surface area contributed by atoms with Crippen LogP contribution in [0.3, 0.4) is 0 Å². The smallest absolute Gasteiger partial charge is 0.141 e. The van der Waals surface area contributed by atoms with E-state index < -0.39 is 31.1 Å². The summed E-state index contributed by atoms with van der Waals surface area (Å²) in [5.74, 6) is 0. The summed E-state index contributed by atoms with van der Waals surface area (Å²) in [6.07, 6.45) is -2.71. The van der Waals surface area contributed by atoms with Gasteiger partial charge in [-0.15, -0.1) is 6.58 Å². The van der Waals surface area contributed by atoms with Gasteiger partial charge in [0.05, 0.1) is 6.61 Å². The summed E-state index contributed by atoms with van der Waals surface area (Å²) in [7, 11) is 0. The van der Waals surface area contributed by atoms with E-state index in [4.69, 9.17) is 5.11 Å². The highest BCUT2D eigenvalue weighted by atomic mass is 18.2. The predicted octanol–water partition coefficient (Wildman–Crippen LogP) is -1.36. The largest absolute Gasteiger partial charge is 0.394 e. The van der Waals surface area contributed by atoms with Crippen LogP contribution in [-0.4, -0.2) is 88.6 Å². The van der Waals surface area contributed by atoms with E-state index in [2.05, 4.69) is 16.8 Å². The van der Waals surface area contributed by atoms with Crippen molar-refractivity contribution in [3.63, 3.8) is 0 Å². The van der Waals surface area contributed by atoms with Gasteiger partial charge in [0.2, 0.25) is 0 Å². The lowest BCUT2D eigenvalue weighted by atomic mass is 10.0. The molecule has 1 saturated heterocycles. The molecule has 5 N–H and O–H groups in total. The average molecular weight is 305 g/mol. The number of hydrogen-bond acceptors (Lipinski definition) is 6. The molecular weight excluding hydrogens is 278 g/mol. The van der Waals surface area contributed by atoms with Gasteiger partial charge >= 0.3 is 0 Å². The topological polar surface area (TPSA) is 96.2 Å². The number of alkyl halides is 1. The second-order valence-corrected chi connectivity index (χ2v) is 5.49. The molecule has 6 nitrogen and oxygen atoms in total. The highest BCUT2D eigenvalue weighted by Crippen LogP contribution is 2.16. The minimum absolute atomic E-state index is 0.116. The van der Waals surface area contributed by atoms with Crippen LogP contribution in [0.4, 0.5) is 4.39 Å². The zero-order valence-corrected chi connectivity index (χ0v) is 12.2. The third-order valence-corrected chi connectivity index (χ3v) is 3.88. The molecule has 1 rings (SSSR count). The van der Waals surface area contributed by atoms with E-state index >= 15 is 0 Å². The van der Waals surface area contributed by atoms with Gasteiger partial charge in [0.1, 0.15) is 24.5 Å². The first kappa shape index (κ1) is 18.5. The second kappa shape index (κ2) is 9.45. The number of rotatable bonds is 10. The van der Waals surface area contributed by atoms with Crippen molar-refractivity contribution < 1.29 is 24.8 Å². The molecule has 5 atom stereocenters. The van der Waals surface area contributed by atoms with Crippen LogP contribution in [0.25, 0.3) is 0 Å². The average Bonchev–Trinajstić information content (AvgIpc) is 2.92. The monoisotopic (exact) mass is 305 g/mol. The van der Waals surface area contributed by atoms with Gasteiger partial charge in [-0.05, 0) is 19.4 Å². The Labute approximate surface area is 124 Å². The minimum Gasteiger partial charge on any atom is -0.394 e. The minimum atomic E-state index is -1.73. The van der Waals surface area contributed by atoms with Gasteiger partial charge in [-0.25, -0.2) is 4.39 Å². The first-order valence-electron chi connectivity index (χ1n) is 7.36. The van der Waals surface area contributed by atoms with Crippen molar-refractivity contribution >= 4 is 0 Å². The van der Waals surface area contributed by atoms with Gasteiger partial charge in [-0.2, -0.15) is 0 Å². The van der Waals surface area contributed by atoms with Gasteiger partial charge in [0.15, 0.2) is 0 Å². The maximum absolute atomic E-state index is 13.8. The van der Waals surface area contributed by atoms with Crippen LogP contribution in [0.15, 0.2) is 12.7 Å². The first-order chi connectivity index (χ1) is 10.0. The summed E-state index contributed by atoms with van der Waals surface area (Å²) in [5.41, 5.74) is 0. The fourth-order valence-corrected chi connectivity index (χ4v) is 2.59. The van der Waals surface area contributed by atoms with Crippen molar-refractivity contribution in [2.24, 2.45) is 0 Å². The van der Waals surface area contributed by atoms with Gasteiger partial charge in [0.25, 0.3) is 0 Å². The van der Waals surface area contributed by atoms with Gasteiger partial charge < -0.3 is 25.7 Å². The van der Waals surface area contributed by atoms with E-state index in [9.17, 15) is 19.7 Å². The lowest BCUT2D eigenvalue weighted by molar-refractivity contribution is -0.0986. The number of likely N-dealkylation sites (tertiary alicyclic amines) is 1. The number of aliphatic hydroxyl groups is 4. The van der Waals surface area contributed by atoms with E-state index in [0.29, 0.717) is 12.6 Å². The van der Waals surface area contributed by atoms with Crippen molar-refractivity contribution in [2.75, 3.05) is 32.8 Å². The van der Waals surface area contributed by atoms with Crippen LogP contribution in [0.5, 0.6) is 0 Å². The number of aliphatic hydroxyl groups excluding tert-OH is 4. The van der Waals surface area contributed by atoms with Crippen LogP contribution < -0.4 is 5.32 Å². The van der Waals surface area contributed by atoms with Crippen molar-refractivity contribution in [1.29, 1.82) is 0 Å². The van der Waals surface area contributed by atoms with Crippen molar-refractivity contribution in [3.8, 4) is 0 Å². The van der Waals surface area contributed by atoms with Crippen LogP contribution in [0.1, 0.15) is 12.8 Å². The fourth-order valence-electron chi connectivity index (χ4n) is 2.59. The van der Waals surface area contributed by atoms with Gasteiger partial charge in [0, 0.05) is 25.7 Å². The molecule has 0 amide bonds. The SMILES string of the molecule is C=CCN1CCCC1CNCC([18F])C(O)C(O)C(O)CO. The molecule has 0 aromatic carbocycles. The highest BCUT2D eigenvalue weighted by Gasteiger charge is 2.31. The first-order valence-corrected chi connectivity index (χ1v) is 7.36. The van der Waals surface area contributed by atoms with Crippen LogP contribution in [0.2, 0.25) is 0 Å². The molecular formula is C14H27FN2O4. The Morgan fingerprint density at radius 3 is 2.67 bits per heavy atom. The molecule has 124 valence electrons. The summed E-state index contributed by atoms with van der Waals surface area (Å²) < 4.78 is 13.8. The second-order valence-electron chi connectivity index (χ2n) is 5.49.